The molecule has 3 aromatic carbocycles. The minimum Gasteiger partial charge on any atom is -0.272 e. The Morgan fingerprint density at radius 3 is 2.62 bits per heavy atom. The Hall–Kier alpha value is -3.38. The summed E-state index contributed by atoms with van der Waals surface area (Å²) in [5, 5.41) is 6.13. The second-order valence-electron chi connectivity index (χ2n) is 6.63. The van der Waals surface area contributed by atoms with Crippen LogP contribution in [0.4, 0.5) is 9.52 Å². The highest BCUT2D eigenvalue weighted by Gasteiger charge is 2.20. The van der Waals surface area contributed by atoms with Crippen molar-refractivity contribution >= 4 is 38.8 Å². The first-order valence-electron chi connectivity index (χ1n) is 9.12. The van der Waals surface area contributed by atoms with E-state index in [0.29, 0.717) is 15.3 Å². The second kappa shape index (κ2) is 8.32. The monoisotopic (exact) mass is 403 g/mol. The molecule has 0 unspecified atom stereocenters. The third-order valence-corrected chi connectivity index (χ3v) is 5.35. The number of hydrazone groups is 1. The molecule has 144 valence electrons. The molecule has 4 nitrogen and oxygen atoms in total. The standard InChI is InChI=1S/C23H18FN3OS/c1-16-7-9-18(10-8-16)15-25-27(22(28)13-17-5-3-2-4-6-17)23-26-20-12-11-19(24)14-21(20)29-23/h2-12,14-15H,13H2,1H3/b25-15+. The molecule has 0 atom stereocenters. The minimum absolute atomic E-state index is 0.191. The topological polar surface area (TPSA) is 45.6 Å². The van der Waals surface area contributed by atoms with Crippen LogP contribution in [-0.2, 0) is 11.2 Å². The number of aryl methyl sites for hydroxylation is 1. The molecule has 4 aromatic rings. The lowest BCUT2D eigenvalue weighted by Crippen LogP contribution is -2.27. The number of rotatable bonds is 5. The van der Waals surface area contributed by atoms with Crippen LogP contribution in [0.1, 0.15) is 16.7 Å². The lowest BCUT2D eigenvalue weighted by atomic mass is 10.1. The van der Waals surface area contributed by atoms with Gasteiger partial charge in [-0.1, -0.05) is 71.5 Å². The fourth-order valence-corrected chi connectivity index (χ4v) is 3.79. The van der Waals surface area contributed by atoms with Crippen molar-refractivity contribution in [2.24, 2.45) is 5.10 Å². The van der Waals surface area contributed by atoms with Gasteiger partial charge in [0.25, 0.3) is 5.91 Å². The zero-order valence-electron chi connectivity index (χ0n) is 15.7. The smallest absolute Gasteiger partial charge is 0.253 e. The van der Waals surface area contributed by atoms with E-state index in [1.807, 2.05) is 61.5 Å². The number of thiazole rings is 1. The molecular weight excluding hydrogens is 385 g/mol. The van der Waals surface area contributed by atoms with E-state index in [4.69, 9.17) is 0 Å². The number of benzene rings is 3. The number of hydrogen-bond acceptors (Lipinski definition) is 4. The lowest BCUT2D eigenvalue weighted by Gasteiger charge is -2.14. The molecule has 1 aromatic heterocycles. The lowest BCUT2D eigenvalue weighted by molar-refractivity contribution is -0.118. The Labute approximate surface area is 171 Å². The number of nitrogens with zero attached hydrogens (tertiary/aromatic N) is 3. The van der Waals surface area contributed by atoms with Crippen molar-refractivity contribution in [2.75, 3.05) is 5.01 Å². The molecule has 0 fully saturated rings. The molecule has 6 heteroatoms. The first-order valence-corrected chi connectivity index (χ1v) is 9.94. The van der Waals surface area contributed by atoms with Crippen LogP contribution in [0, 0.1) is 12.7 Å². The zero-order valence-corrected chi connectivity index (χ0v) is 16.6. The molecule has 0 radical (unpaired) electrons. The van der Waals surface area contributed by atoms with Gasteiger partial charge in [0.2, 0.25) is 5.13 Å². The van der Waals surface area contributed by atoms with E-state index in [9.17, 15) is 9.18 Å². The molecule has 0 aliphatic rings. The van der Waals surface area contributed by atoms with Crippen molar-refractivity contribution in [3.63, 3.8) is 0 Å². The molecule has 0 saturated carbocycles. The summed E-state index contributed by atoms with van der Waals surface area (Å²) >= 11 is 1.24. The Morgan fingerprint density at radius 2 is 1.86 bits per heavy atom. The first-order chi connectivity index (χ1) is 14.1. The normalized spacial score (nSPS) is 11.2. The summed E-state index contributed by atoms with van der Waals surface area (Å²) in [4.78, 5) is 17.5. The molecule has 0 saturated heterocycles. The van der Waals surface area contributed by atoms with E-state index in [2.05, 4.69) is 10.1 Å². The highest BCUT2D eigenvalue weighted by molar-refractivity contribution is 7.22. The number of fused-ring (bicyclic) bond motifs is 1. The summed E-state index contributed by atoms with van der Waals surface area (Å²) in [6.45, 7) is 2.01. The van der Waals surface area contributed by atoms with Crippen molar-refractivity contribution in [3.8, 4) is 0 Å². The van der Waals surface area contributed by atoms with Gasteiger partial charge in [0, 0.05) is 0 Å². The molecule has 1 amide bonds. The Balaban J connectivity index is 1.68. The highest BCUT2D eigenvalue weighted by Crippen LogP contribution is 2.30. The van der Waals surface area contributed by atoms with Gasteiger partial charge < -0.3 is 0 Å². The SMILES string of the molecule is Cc1ccc(/C=N/N(C(=O)Cc2ccccc2)c2nc3ccc(F)cc3s2)cc1. The predicted molar refractivity (Wildman–Crippen MR) is 116 cm³/mol. The van der Waals surface area contributed by atoms with Gasteiger partial charge in [0.1, 0.15) is 5.82 Å². The average Bonchev–Trinajstić information content (AvgIpc) is 3.13. The molecule has 0 aliphatic heterocycles. The van der Waals surface area contributed by atoms with Crippen LogP contribution in [0.5, 0.6) is 0 Å². The molecule has 0 bridgehead atoms. The summed E-state index contributed by atoms with van der Waals surface area (Å²) in [5.74, 6) is -0.544. The highest BCUT2D eigenvalue weighted by atomic mass is 32.1. The van der Waals surface area contributed by atoms with Crippen LogP contribution in [0.2, 0.25) is 0 Å². The zero-order chi connectivity index (χ0) is 20.2. The summed E-state index contributed by atoms with van der Waals surface area (Å²) in [5.41, 5.74) is 3.54. The number of aromatic nitrogens is 1. The van der Waals surface area contributed by atoms with Gasteiger partial charge in [-0.25, -0.2) is 9.37 Å². The van der Waals surface area contributed by atoms with Crippen LogP contribution in [0.25, 0.3) is 10.2 Å². The quantitative estimate of drug-likeness (QED) is 0.333. The molecule has 1 heterocycles. The third-order valence-electron chi connectivity index (χ3n) is 4.35. The fourth-order valence-electron chi connectivity index (χ4n) is 2.82. The third kappa shape index (κ3) is 4.55. The summed E-state index contributed by atoms with van der Waals surface area (Å²) in [6.07, 6.45) is 1.82. The molecule has 0 N–H and O–H groups in total. The van der Waals surface area contributed by atoms with Crippen molar-refractivity contribution in [1.29, 1.82) is 0 Å². The van der Waals surface area contributed by atoms with Gasteiger partial charge in [-0.3, -0.25) is 4.79 Å². The number of hydrogen-bond donors (Lipinski definition) is 0. The van der Waals surface area contributed by atoms with E-state index in [1.54, 1.807) is 12.3 Å². The maximum atomic E-state index is 13.6. The molecule has 29 heavy (non-hydrogen) atoms. The van der Waals surface area contributed by atoms with Gasteiger partial charge in [0.15, 0.2) is 0 Å². The van der Waals surface area contributed by atoms with E-state index in [0.717, 1.165) is 16.7 Å². The second-order valence-corrected chi connectivity index (χ2v) is 7.64. The van der Waals surface area contributed by atoms with Crippen molar-refractivity contribution in [3.05, 3.63) is 95.3 Å². The largest absolute Gasteiger partial charge is 0.272 e. The van der Waals surface area contributed by atoms with Crippen LogP contribution < -0.4 is 5.01 Å². The average molecular weight is 403 g/mol. The van der Waals surface area contributed by atoms with Crippen LogP contribution in [-0.4, -0.2) is 17.1 Å². The number of carbonyl (C=O) groups excluding carboxylic acids is 1. The minimum atomic E-state index is -0.335. The molecular formula is C23H18FN3OS. The van der Waals surface area contributed by atoms with E-state index in [-0.39, 0.29) is 18.1 Å². The van der Waals surface area contributed by atoms with Gasteiger partial charge in [-0.15, -0.1) is 0 Å². The number of halogens is 1. The Morgan fingerprint density at radius 1 is 1.10 bits per heavy atom. The van der Waals surface area contributed by atoms with Crippen molar-refractivity contribution in [2.45, 2.75) is 13.3 Å². The number of carbonyl (C=O) groups is 1. The fraction of sp³-hybridized carbons (Fsp3) is 0.0870. The van der Waals surface area contributed by atoms with Crippen molar-refractivity contribution in [1.82, 2.24) is 4.98 Å². The maximum Gasteiger partial charge on any atom is 0.253 e. The maximum absolute atomic E-state index is 13.6. The van der Waals surface area contributed by atoms with Gasteiger partial charge in [-0.05, 0) is 36.2 Å². The summed E-state index contributed by atoms with van der Waals surface area (Å²) < 4.78 is 14.2. The summed E-state index contributed by atoms with van der Waals surface area (Å²) in [6, 6.07) is 21.7. The molecule has 4 rings (SSSR count). The van der Waals surface area contributed by atoms with Gasteiger partial charge in [0.05, 0.1) is 22.9 Å². The van der Waals surface area contributed by atoms with Crippen LogP contribution >= 0.6 is 11.3 Å². The number of anilines is 1. The Kier molecular flexibility index (Phi) is 5.44. The van der Waals surface area contributed by atoms with Crippen molar-refractivity contribution < 1.29 is 9.18 Å². The summed E-state index contributed by atoms with van der Waals surface area (Å²) in [7, 11) is 0. The molecule has 0 spiro atoms. The Bertz CT molecular complexity index is 1170. The van der Waals surface area contributed by atoms with Gasteiger partial charge >= 0.3 is 0 Å². The predicted octanol–water partition coefficient (Wildman–Crippen LogP) is 5.35. The first kappa shape index (κ1) is 19.0. The number of amides is 1. The molecule has 0 aliphatic carbocycles. The van der Waals surface area contributed by atoms with Gasteiger partial charge in [-0.2, -0.15) is 10.1 Å². The van der Waals surface area contributed by atoms with E-state index >= 15 is 0 Å². The van der Waals surface area contributed by atoms with Crippen LogP contribution in [0.3, 0.4) is 0 Å². The van der Waals surface area contributed by atoms with Crippen LogP contribution in [0.15, 0.2) is 77.9 Å². The van der Waals surface area contributed by atoms with E-state index < -0.39 is 0 Å². The van der Waals surface area contributed by atoms with E-state index in [1.165, 1.54) is 28.5 Å².